The van der Waals surface area contributed by atoms with Gasteiger partial charge in [-0.3, -0.25) is 0 Å². The second-order valence-electron chi connectivity index (χ2n) is 4.85. The van der Waals surface area contributed by atoms with Crippen molar-refractivity contribution in [1.29, 1.82) is 0 Å². The van der Waals surface area contributed by atoms with E-state index in [9.17, 15) is 18.0 Å². The third-order valence-corrected chi connectivity index (χ3v) is 1.95. The fourth-order valence-corrected chi connectivity index (χ4v) is 1.15. The molecule has 0 aromatic carbocycles. The molecule has 0 fully saturated rings. The Hall–Kier alpha value is -1.70. The lowest BCUT2D eigenvalue weighted by molar-refractivity contribution is -0.156. The normalized spacial score (nSPS) is 14.1. The third kappa shape index (κ3) is 4.47. The number of halogens is 3. The molecule has 0 aliphatic rings. The number of carbonyl (C=O) groups excluding carboxylic acids is 1. The maximum Gasteiger partial charge on any atom is 0.435 e. The van der Waals surface area contributed by atoms with Gasteiger partial charge in [-0.1, -0.05) is 0 Å². The summed E-state index contributed by atoms with van der Waals surface area (Å²) >= 11 is 0. The van der Waals surface area contributed by atoms with E-state index in [1.807, 2.05) is 0 Å². The average molecular weight is 277 g/mol. The van der Waals surface area contributed by atoms with Crippen LogP contribution >= 0.6 is 0 Å². The van der Waals surface area contributed by atoms with Crippen LogP contribution in [-0.2, 0) is 15.7 Å². The topological polar surface area (TPSA) is 78.1 Å². The largest absolute Gasteiger partial charge is 0.459 e. The van der Waals surface area contributed by atoms with Gasteiger partial charge < -0.3 is 10.5 Å². The van der Waals surface area contributed by atoms with Gasteiger partial charge in [0, 0.05) is 0 Å². The van der Waals surface area contributed by atoms with Crippen molar-refractivity contribution in [3.63, 3.8) is 0 Å². The number of rotatable bonds is 2. The van der Waals surface area contributed by atoms with Crippen LogP contribution in [0.4, 0.5) is 13.2 Å². The maximum absolute atomic E-state index is 12.3. The Morgan fingerprint density at radius 2 is 1.84 bits per heavy atom. The first kappa shape index (κ1) is 15.4. The predicted octanol–water partition coefficient (Wildman–Crippen LogP) is 1.84. The van der Waals surface area contributed by atoms with Crippen LogP contribution in [0.2, 0.25) is 0 Å². The summed E-state index contributed by atoms with van der Waals surface area (Å²) in [6.45, 7) is 4.95. The Kier molecular flexibility index (Phi) is 4.14. The van der Waals surface area contributed by atoms with Gasteiger partial charge >= 0.3 is 12.1 Å². The first-order chi connectivity index (χ1) is 8.50. The number of hydrogen-bond donors (Lipinski definition) is 1. The Morgan fingerprint density at radius 3 is 2.21 bits per heavy atom. The molecule has 0 spiro atoms. The lowest BCUT2D eigenvalue weighted by Gasteiger charge is -2.21. The van der Waals surface area contributed by atoms with Crippen LogP contribution < -0.4 is 5.73 Å². The number of carbonyl (C=O) groups is 1. The van der Waals surface area contributed by atoms with E-state index in [4.69, 9.17) is 10.5 Å². The van der Waals surface area contributed by atoms with E-state index < -0.39 is 29.5 Å². The molecule has 1 heterocycles. The van der Waals surface area contributed by atoms with Crippen LogP contribution in [0.1, 0.15) is 38.2 Å². The number of alkyl halides is 3. The van der Waals surface area contributed by atoms with E-state index in [1.54, 1.807) is 20.8 Å². The van der Waals surface area contributed by atoms with Crippen LogP contribution in [-0.4, -0.2) is 21.8 Å². The summed E-state index contributed by atoms with van der Waals surface area (Å²) in [6, 6.07) is 0.450. The summed E-state index contributed by atoms with van der Waals surface area (Å²) in [5, 5.41) is 6.29. The highest BCUT2D eigenvalue weighted by atomic mass is 19.4. The van der Waals surface area contributed by atoms with Gasteiger partial charge in [0.1, 0.15) is 11.6 Å². The molecule has 1 unspecified atom stereocenters. The molecule has 106 valence electrons. The highest BCUT2D eigenvalue weighted by Gasteiger charge is 2.33. The number of ether oxygens (including phenoxy) is 1. The van der Waals surface area contributed by atoms with E-state index in [0.717, 1.165) is 6.07 Å². The van der Waals surface area contributed by atoms with Crippen molar-refractivity contribution in [2.45, 2.75) is 38.6 Å². The molecule has 5 nitrogen and oxygen atoms in total. The van der Waals surface area contributed by atoms with Gasteiger partial charge in [-0.2, -0.15) is 18.3 Å². The van der Waals surface area contributed by atoms with Gasteiger partial charge in [-0.05, 0) is 32.9 Å². The van der Waals surface area contributed by atoms with E-state index in [-0.39, 0.29) is 5.69 Å². The van der Waals surface area contributed by atoms with Gasteiger partial charge in [0.05, 0.1) is 5.69 Å². The minimum absolute atomic E-state index is 0.0812. The minimum Gasteiger partial charge on any atom is -0.459 e. The number of nitrogens with zero attached hydrogens (tertiary/aromatic N) is 2. The molecular weight excluding hydrogens is 263 g/mol. The highest BCUT2D eigenvalue weighted by Crippen LogP contribution is 2.27. The smallest absolute Gasteiger partial charge is 0.435 e. The summed E-state index contributed by atoms with van der Waals surface area (Å²) < 4.78 is 41.8. The molecule has 19 heavy (non-hydrogen) atoms. The fourth-order valence-electron chi connectivity index (χ4n) is 1.15. The number of nitrogens with two attached hydrogens (primary N) is 1. The number of aromatic nitrogens is 2. The molecule has 1 atom stereocenters. The lowest BCUT2D eigenvalue weighted by atomic mass is 10.1. The number of hydrogen-bond acceptors (Lipinski definition) is 5. The molecule has 1 rings (SSSR count). The second-order valence-corrected chi connectivity index (χ2v) is 4.85. The summed E-state index contributed by atoms with van der Waals surface area (Å²) in [4.78, 5) is 11.6. The SMILES string of the molecule is CC(C)(C)OC(=O)C(N)c1ccc(C(F)(F)F)nn1. The van der Waals surface area contributed by atoms with Crippen molar-refractivity contribution in [2.24, 2.45) is 5.73 Å². The van der Waals surface area contributed by atoms with Crippen LogP contribution in [0.5, 0.6) is 0 Å². The summed E-state index contributed by atoms with van der Waals surface area (Å²) in [6.07, 6.45) is -4.58. The van der Waals surface area contributed by atoms with Crippen molar-refractivity contribution >= 4 is 5.97 Å². The van der Waals surface area contributed by atoms with E-state index in [2.05, 4.69) is 10.2 Å². The summed E-state index contributed by atoms with van der Waals surface area (Å²) in [5.41, 5.74) is 3.58. The summed E-state index contributed by atoms with van der Waals surface area (Å²) in [5.74, 6) is -0.776. The van der Waals surface area contributed by atoms with E-state index >= 15 is 0 Å². The zero-order chi connectivity index (χ0) is 14.8. The van der Waals surface area contributed by atoms with Crippen LogP contribution in [0.15, 0.2) is 12.1 Å². The standard InChI is InChI=1S/C11H14F3N3O2/c1-10(2,3)19-9(18)8(15)6-4-5-7(17-16-6)11(12,13)14/h4-5,8H,15H2,1-3H3. The Balaban J connectivity index is 2.84. The Labute approximate surface area is 108 Å². The molecule has 0 saturated heterocycles. The fraction of sp³-hybridized carbons (Fsp3) is 0.545. The first-order valence-corrected chi connectivity index (χ1v) is 5.40. The van der Waals surface area contributed by atoms with Gasteiger partial charge in [0.2, 0.25) is 0 Å². The molecule has 0 amide bonds. The van der Waals surface area contributed by atoms with E-state index in [1.165, 1.54) is 0 Å². The quantitative estimate of drug-likeness (QED) is 0.834. The maximum atomic E-state index is 12.3. The van der Waals surface area contributed by atoms with Gasteiger partial charge in [0.25, 0.3) is 0 Å². The molecule has 0 bridgehead atoms. The van der Waals surface area contributed by atoms with E-state index in [0.29, 0.717) is 6.07 Å². The monoisotopic (exact) mass is 277 g/mol. The van der Waals surface area contributed by atoms with Crippen molar-refractivity contribution < 1.29 is 22.7 Å². The minimum atomic E-state index is -4.58. The van der Waals surface area contributed by atoms with Crippen LogP contribution in [0.3, 0.4) is 0 Å². The molecule has 1 aromatic rings. The van der Waals surface area contributed by atoms with Crippen LogP contribution in [0, 0.1) is 0 Å². The summed E-state index contributed by atoms with van der Waals surface area (Å²) in [7, 11) is 0. The van der Waals surface area contributed by atoms with Gasteiger partial charge in [-0.15, -0.1) is 5.10 Å². The zero-order valence-electron chi connectivity index (χ0n) is 10.7. The Bertz CT molecular complexity index is 452. The predicted molar refractivity (Wildman–Crippen MR) is 59.8 cm³/mol. The van der Waals surface area contributed by atoms with Gasteiger partial charge in [0.15, 0.2) is 5.69 Å². The molecule has 0 saturated carbocycles. The van der Waals surface area contributed by atoms with Crippen molar-refractivity contribution in [2.75, 3.05) is 0 Å². The molecule has 8 heteroatoms. The van der Waals surface area contributed by atoms with Gasteiger partial charge in [-0.25, -0.2) is 4.79 Å². The molecular formula is C11H14F3N3O2. The lowest BCUT2D eigenvalue weighted by Crippen LogP contribution is -2.32. The second kappa shape index (κ2) is 5.12. The molecule has 0 aliphatic carbocycles. The van der Waals surface area contributed by atoms with Crippen molar-refractivity contribution in [3.8, 4) is 0 Å². The molecule has 0 aliphatic heterocycles. The van der Waals surface area contributed by atoms with Crippen molar-refractivity contribution in [1.82, 2.24) is 10.2 Å². The highest BCUT2D eigenvalue weighted by molar-refractivity contribution is 5.77. The van der Waals surface area contributed by atoms with Crippen LogP contribution in [0.25, 0.3) is 0 Å². The van der Waals surface area contributed by atoms with Crippen molar-refractivity contribution in [3.05, 3.63) is 23.5 Å². The zero-order valence-corrected chi connectivity index (χ0v) is 10.7. The average Bonchev–Trinajstić information content (AvgIpc) is 2.24. The molecule has 0 radical (unpaired) electrons. The Morgan fingerprint density at radius 1 is 1.26 bits per heavy atom. The molecule has 2 N–H and O–H groups in total. The third-order valence-electron chi connectivity index (χ3n) is 1.95. The molecule has 1 aromatic heterocycles. The number of esters is 1. The first-order valence-electron chi connectivity index (χ1n) is 5.40.